The fraction of sp³-hybridized carbons (Fsp3) is 0.364. The summed E-state index contributed by atoms with van der Waals surface area (Å²) in [7, 11) is 1.88. The Morgan fingerprint density at radius 3 is 2.71 bits per heavy atom. The van der Waals surface area contributed by atoms with Gasteiger partial charge in [-0.05, 0) is 37.8 Å². The minimum absolute atomic E-state index is 0.0541. The van der Waals surface area contributed by atoms with Crippen LogP contribution < -0.4 is 4.90 Å². The van der Waals surface area contributed by atoms with E-state index < -0.39 is 0 Å². The molecule has 1 fully saturated rings. The van der Waals surface area contributed by atoms with E-state index in [1.165, 1.54) is 0 Å². The smallest absolute Gasteiger partial charge is 0.254 e. The van der Waals surface area contributed by atoms with E-state index in [2.05, 4.69) is 20.4 Å². The quantitative estimate of drug-likeness (QED) is 0.468. The first-order valence-electron chi connectivity index (χ1n) is 10.4. The zero-order valence-corrected chi connectivity index (χ0v) is 19.5. The summed E-state index contributed by atoms with van der Waals surface area (Å²) in [5.74, 6) is 0.0541. The lowest BCUT2D eigenvalue weighted by atomic mass is 10.1. The van der Waals surface area contributed by atoms with Crippen molar-refractivity contribution >= 4 is 44.7 Å². The second-order valence-corrected chi connectivity index (χ2v) is 9.63. The first kappa shape index (κ1) is 20.1. The van der Waals surface area contributed by atoms with Crippen molar-refractivity contribution in [1.82, 2.24) is 24.6 Å². The second-order valence-electron chi connectivity index (χ2n) is 7.84. The fourth-order valence-electron chi connectivity index (χ4n) is 4.13. The first-order chi connectivity index (χ1) is 15.0. The Morgan fingerprint density at radius 1 is 1.10 bits per heavy atom. The summed E-state index contributed by atoms with van der Waals surface area (Å²) in [6.45, 7) is 7.07. The molecule has 0 unspecified atom stereocenters. The molecule has 0 saturated carbocycles. The van der Waals surface area contributed by atoms with Crippen LogP contribution in [0, 0.1) is 13.8 Å². The number of thiophene rings is 1. The number of fused-ring (bicyclic) bond motifs is 1. The molecule has 160 valence electrons. The molecule has 1 aliphatic heterocycles. The van der Waals surface area contributed by atoms with Crippen molar-refractivity contribution in [3.63, 3.8) is 0 Å². The van der Waals surface area contributed by atoms with E-state index in [0.29, 0.717) is 12.1 Å². The molecule has 4 aromatic rings. The van der Waals surface area contributed by atoms with Crippen LogP contribution in [0.4, 0.5) is 5.13 Å². The number of rotatable bonds is 3. The predicted octanol–water partition coefficient (Wildman–Crippen LogP) is 4.12. The van der Waals surface area contributed by atoms with Gasteiger partial charge in [-0.25, -0.2) is 9.97 Å². The van der Waals surface area contributed by atoms with Gasteiger partial charge in [-0.1, -0.05) is 6.07 Å². The van der Waals surface area contributed by atoms with Gasteiger partial charge in [0.25, 0.3) is 5.91 Å². The maximum absolute atomic E-state index is 13.7. The maximum atomic E-state index is 13.7. The molecule has 31 heavy (non-hydrogen) atoms. The van der Waals surface area contributed by atoms with Crippen LogP contribution in [-0.4, -0.2) is 56.7 Å². The lowest BCUT2D eigenvalue weighted by Crippen LogP contribution is -2.35. The van der Waals surface area contributed by atoms with Crippen LogP contribution in [0.2, 0.25) is 0 Å². The molecule has 5 rings (SSSR count). The van der Waals surface area contributed by atoms with Crippen LogP contribution in [-0.2, 0) is 7.05 Å². The number of hydrogen-bond acceptors (Lipinski definition) is 7. The minimum atomic E-state index is 0.0541. The van der Waals surface area contributed by atoms with Crippen LogP contribution in [0.3, 0.4) is 0 Å². The molecule has 1 amide bonds. The van der Waals surface area contributed by atoms with Gasteiger partial charge in [0.05, 0.1) is 32.9 Å². The van der Waals surface area contributed by atoms with E-state index in [-0.39, 0.29) is 5.91 Å². The van der Waals surface area contributed by atoms with Gasteiger partial charge in [0, 0.05) is 38.6 Å². The molecule has 0 spiro atoms. The Morgan fingerprint density at radius 2 is 1.97 bits per heavy atom. The molecular formula is C22H24N6OS2. The molecule has 7 nitrogen and oxygen atoms in total. The van der Waals surface area contributed by atoms with E-state index in [1.807, 2.05) is 49.4 Å². The number of amides is 1. The van der Waals surface area contributed by atoms with Gasteiger partial charge in [0.15, 0.2) is 10.8 Å². The normalized spacial score (nSPS) is 14.9. The molecular weight excluding hydrogens is 428 g/mol. The van der Waals surface area contributed by atoms with Crippen LogP contribution >= 0.6 is 22.7 Å². The molecule has 1 aliphatic rings. The van der Waals surface area contributed by atoms with Gasteiger partial charge in [-0.2, -0.15) is 5.10 Å². The van der Waals surface area contributed by atoms with Crippen molar-refractivity contribution < 1.29 is 4.79 Å². The van der Waals surface area contributed by atoms with Crippen molar-refractivity contribution in [2.45, 2.75) is 20.3 Å². The lowest BCUT2D eigenvalue weighted by Gasteiger charge is -2.22. The number of aryl methyl sites for hydroxylation is 3. The van der Waals surface area contributed by atoms with Crippen molar-refractivity contribution in [2.24, 2.45) is 7.05 Å². The van der Waals surface area contributed by atoms with Crippen molar-refractivity contribution in [2.75, 3.05) is 31.1 Å². The Labute approximate surface area is 189 Å². The molecule has 5 heterocycles. The molecule has 0 radical (unpaired) electrons. The van der Waals surface area contributed by atoms with Crippen molar-refractivity contribution in [3.05, 3.63) is 45.9 Å². The van der Waals surface area contributed by atoms with Crippen LogP contribution in [0.15, 0.2) is 29.0 Å². The van der Waals surface area contributed by atoms with Crippen LogP contribution in [0.5, 0.6) is 0 Å². The van der Waals surface area contributed by atoms with Gasteiger partial charge >= 0.3 is 0 Å². The number of anilines is 1. The molecule has 0 atom stereocenters. The SMILES string of the molecule is Cc1csc(N2CCCN(C(=O)c3cc(-c4cccs4)nc4c3c(C)nn4C)CC2)n1. The summed E-state index contributed by atoms with van der Waals surface area (Å²) in [6, 6.07) is 5.99. The molecule has 0 aromatic carbocycles. The van der Waals surface area contributed by atoms with Gasteiger partial charge in [-0.15, -0.1) is 22.7 Å². The zero-order valence-electron chi connectivity index (χ0n) is 17.8. The maximum Gasteiger partial charge on any atom is 0.254 e. The third kappa shape index (κ3) is 3.72. The number of thiazole rings is 1. The number of nitrogens with zero attached hydrogens (tertiary/aromatic N) is 6. The van der Waals surface area contributed by atoms with Gasteiger partial charge < -0.3 is 9.80 Å². The average molecular weight is 453 g/mol. The summed E-state index contributed by atoms with van der Waals surface area (Å²) in [6.07, 6.45) is 0.919. The van der Waals surface area contributed by atoms with Gasteiger partial charge in [-0.3, -0.25) is 9.48 Å². The Balaban J connectivity index is 1.49. The van der Waals surface area contributed by atoms with E-state index in [4.69, 9.17) is 4.98 Å². The Hall–Kier alpha value is -2.78. The molecule has 0 bridgehead atoms. The number of carbonyl (C=O) groups excluding carboxylic acids is 1. The standard InChI is InChI=1S/C22H24N6OS2/c1-14-13-31-22(23-14)28-8-5-7-27(9-10-28)21(29)16-12-17(18-6-4-11-30-18)24-20-19(16)15(2)25-26(20)3/h4,6,11-13H,5,7-10H2,1-3H3. The lowest BCUT2D eigenvalue weighted by molar-refractivity contribution is 0.0769. The zero-order chi connectivity index (χ0) is 21.5. The highest BCUT2D eigenvalue weighted by atomic mass is 32.1. The van der Waals surface area contributed by atoms with E-state index >= 15 is 0 Å². The number of aromatic nitrogens is 4. The predicted molar refractivity (Wildman–Crippen MR) is 126 cm³/mol. The summed E-state index contributed by atoms with van der Waals surface area (Å²) < 4.78 is 1.77. The van der Waals surface area contributed by atoms with Crippen molar-refractivity contribution in [3.8, 4) is 10.6 Å². The number of pyridine rings is 1. The third-order valence-corrected chi connectivity index (χ3v) is 7.54. The number of carbonyl (C=O) groups is 1. The van der Waals surface area contributed by atoms with Crippen LogP contribution in [0.25, 0.3) is 21.6 Å². The largest absolute Gasteiger partial charge is 0.346 e. The highest BCUT2D eigenvalue weighted by Crippen LogP contribution is 2.30. The average Bonchev–Trinajstić information content (AvgIpc) is 3.46. The van der Waals surface area contributed by atoms with Gasteiger partial charge in [0.2, 0.25) is 0 Å². The Kier molecular flexibility index (Phi) is 5.23. The summed E-state index contributed by atoms with van der Waals surface area (Å²) in [5, 5.41) is 10.5. The first-order valence-corrected chi connectivity index (χ1v) is 12.1. The van der Waals surface area contributed by atoms with E-state index in [9.17, 15) is 4.79 Å². The fourth-order valence-corrected chi connectivity index (χ4v) is 5.68. The minimum Gasteiger partial charge on any atom is -0.346 e. The molecule has 1 saturated heterocycles. The molecule has 0 aliphatic carbocycles. The monoisotopic (exact) mass is 452 g/mol. The number of hydrogen-bond donors (Lipinski definition) is 0. The van der Waals surface area contributed by atoms with E-state index in [1.54, 1.807) is 27.4 Å². The summed E-state index contributed by atoms with van der Waals surface area (Å²) in [4.78, 5) is 28.5. The summed E-state index contributed by atoms with van der Waals surface area (Å²) >= 11 is 3.30. The molecule has 4 aromatic heterocycles. The topological polar surface area (TPSA) is 67.2 Å². The van der Waals surface area contributed by atoms with Crippen molar-refractivity contribution in [1.29, 1.82) is 0 Å². The highest BCUT2D eigenvalue weighted by Gasteiger charge is 2.26. The van der Waals surface area contributed by atoms with E-state index in [0.717, 1.165) is 64.2 Å². The highest BCUT2D eigenvalue weighted by molar-refractivity contribution is 7.14. The van der Waals surface area contributed by atoms with Gasteiger partial charge in [0.1, 0.15) is 0 Å². The molecule has 0 N–H and O–H groups in total. The Bertz CT molecular complexity index is 1240. The second kappa shape index (κ2) is 8.05. The third-order valence-electron chi connectivity index (χ3n) is 5.63. The van der Waals surface area contributed by atoms with Crippen LogP contribution in [0.1, 0.15) is 28.2 Å². The molecule has 9 heteroatoms. The summed E-state index contributed by atoms with van der Waals surface area (Å²) in [5.41, 5.74) is 4.15.